The Morgan fingerprint density at radius 3 is 2.09 bits per heavy atom. The maximum atomic E-state index is 3.87. The van der Waals surface area contributed by atoms with Crippen molar-refractivity contribution in [2.45, 2.75) is 71.6 Å². The van der Waals surface area contributed by atoms with Gasteiger partial charge in [0.2, 0.25) is 0 Å². The Morgan fingerprint density at radius 1 is 0.561 bits per heavy atom. The number of anilines is 2. The molecule has 0 atom stereocenters. The molecule has 4 heteroatoms. The van der Waals surface area contributed by atoms with Crippen molar-refractivity contribution < 1.29 is 0 Å². The lowest BCUT2D eigenvalue weighted by atomic mass is 9.59. The quantitative estimate of drug-likeness (QED) is 0.178. The first kappa shape index (κ1) is 34.7. The molecule has 11 rings (SSSR count). The first-order valence-corrected chi connectivity index (χ1v) is 21.2. The highest BCUT2D eigenvalue weighted by molar-refractivity contribution is 7.26. The molecule has 1 aliphatic heterocycles. The Labute approximate surface area is 340 Å². The van der Waals surface area contributed by atoms with Crippen LogP contribution in [0.2, 0.25) is 0 Å². The lowest BCUT2D eigenvalue weighted by Crippen LogP contribution is -2.37. The third-order valence-electron chi connectivity index (χ3n) is 12.9. The summed E-state index contributed by atoms with van der Waals surface area (Å²) in [6.45, 7) is 18.5. The molecule has 2 nitrogen and oxygen atoms in total. The smallest absolute Gasteiger partial charge is 0.197 e. The molecule has 2 aliphatic rings. The molecule has 3 heterocycles. The predicted molar refractivity (Wildman–Crippen MR) is 249 cm³/mol. The molecule has 0 saturated heterocycles. The number of hydrogen-bond donors (Lipinski definition) is 1. The Hall–Kier alpha value is -5.58. The van der Waals surface area contributed by atoms with Gasteiger partial charge in [0.15, 0.2) is 7.28 Å². The number of fused-ring (bicyclic) bond motifs is 11. The number of hydrogen-bond acceptors (Lipinski definition) is 2. The van der Waals surface area contributed by atoms with Crippen molar-refractivity contribution >= 4 is 82.9 Å². The second-order valence-corrected chi connectivity index (χ2v) is 20.0. The molecule has 57 heavy (non-hydrogen) atoms. The molecular formula is C53H46BN2S. The monoisotopic (exact) mass is 753 g/mol. The SMILES string of the molecule is CC(C)(C)c1ccc(Nc2ccc(C(C)(C)C)cc2-c2ccc3c4cc5c(cc4n4c3c2[B]c2cc3sc6ccccc6c3cc2-4)C(C)(C)c2ccccc2-5)cc1. The number of aromatic nitrogens is 1. The first-order chi connectivity index (χ1) is 27.3. The van der Waals surface area contributed by atoms with Gasteiger partial charge in [0.25, 0.3) is 0 Å². The molecular weight excluding hydrogens is 707 g/mol. The van der Waals surface area contributed by atoms with Gasteiger partial charge in [0.1, 0.15) is 0 Å². The molecule has 1 radical (unpaired) electrons. The summed E-state index contributed by atoms with van der Waals surface area (Å²) in [5, 5.41) is 9.13. The van der Waals surface area contributed by atoms with E-state index in [-0.39, 0.29) is 16.2 Å². The summed E-state index contributed by atoms with van der Waals surface area (Å²) in [6, 6.07) is 48.6. The van der Waals surface area contributed by atoms with E-state index in [0.29, 0.717) is 0 Å². The minimum atomic E-state index is -0.0962. The Kier molecular flexibility index (Phi) is 7.14. The topological polar surface area (TPSA) is 17.0 Å². The average molecular weight is 754 g/mol. The zero-order valence-electron chi connectivity index (χ0n) is 34.1. The van der Waals surface area contributed by atoms with Gasteiger partial charge >= 0.3 is 0 Å². The zero-order valence-corrected chi connectivity index (χ0v) is 34.9. The van der Waals surface area contributed by atoms with Crippen LogP contribution in [0.5, 0.6) is 0 Å². The summed E-state index contributed by atoms with van der Waals surface area (Å²) in [6.07, 6.45) is 0. The number of thiophene rings is 1. The van der Waals surface area contributed by atoms with Crippen molar-refractivity contribution in [3.05, 3.63) is 150 Å². The normalized spacial score (nSPS) is 14.2. The van der Waals surface area contributed by atoms with E-state index >= 15 is 0 Å². The van der Waals surface area contributed by atoms with Gasteiger partial charge in [-0.1, -0.05) is 134 Å². The number of nitrogens with one attached hydrogen (secondary N) is 1. The second-order valence-electron chi connectivity index (χ2n) is 19.0. The Bertz CT molecular complexity index is 3160. The van der Waals surface area contributed by atoms with Crippen molar-refractivity contribution in [1.82, 2.24) is 4.57 Å². The van der Waals surface area contributed by atoms with Crippen molar-refractivity contribution in [2.75, 3.05) is 5.32 Å². The third kappa shape index (κ3) is 5.09. The highest BCUT2D eigenvalue weighted by Crippen LogP contribution is 2.51. The Balaban J connectivity index is 1.20. The van der Waals surface area contributed by atoms with E-state index in [2.05, 4.69) is 200 Å². The molecule has 1 aliphatic carbocycles. The molecule has 9 aromatic rings. The summed E-state index contributed by atoms with van der Waals surface area (Å²) in [5.41, 5.74) is 19.2. The predicted octanol–water partition coefficient (Wildman–Crippen LogP) is 13.4. The van der Waals surface area contributed by atoms with Crippen LogP contribution in [0.4, 0.5) is 11.4 Å². The standard InChI is InChI=1S/C53H46BN2S/c1-51(2,3)30-17-20-32(21-18-30)55-44-24-19-31(52(4,5)6)25-38(44)35-22-23-36-39-26-37-33-13-9-11-15-41(33)53(7,8)42(37)28-45(39)56-46-27-40-34-14-10-12-16-47(34)57-48(40)29-43(46)54-49(35)50(36)56/h9-29,55H,1-8H3. The molecule has 0 saturated carbocycles. The van der Waals surface area contributed by atoms with E-state index in [9.17, 15) is 0 Å². The van der Waals surface area contributed by atoms with Crippen molar-refractivity contribution in [3.63, 3.8) is 0 Å². The van der Waals surface area contributed by atoms with Crippen LogP contribution >= 0.6 is 11.3 Å². The van der Waals surface area contributed by atoms with Crippen LogP contribution in [0.3, 0.4) is 0 Å². The van der Waals surface area contributed by atoms with E-state index < -0.39 is 0 Å². The van der Waals surface area contributed by atoms with Crippen molar-refractivity contribution in [3.8, 4) is 27.9 Å². The van der Waals surface area contributed by atoms with Crippen LogP contribution < -0.4 is 16.2 Å². The van der Waals surface area contributed by atoms with E-state index in [1.54, 1.807) is 0 Å². The highest BCUT2D eigenvalue weighted by Gasteiger charge is 2.37. The summed E-state index contributed by atoms with van der Waals surface area (Å²) >= 11 is 1.90. The maximum Gasteiger partial charge on any atom is 0.197 e. The van der Waals surface area contributed by atoms with Gasteiger partial charge < -0.3 is 9.88 Å². The maximum absolute atomic E-state index is 3.87. The lowest BCUT2D eigenvalue weighted by molar-refractivity contribution is 0.590. The fraction of sp³-hybridized carbons (Fsp3) is 0.208. The minimum Gasteiger partial charge on any atom is -0.355 e. The average Bonchev–Trinajstić information content (AvgIpc) is 3.79. The number of benzene rings is 7. The number of rotatable bonds is 3. The summed E-state index contributed by atoms with van der Waals surface area (Å²) < 4.78 is 5.27. The molecule has 0 amide bonds. The number of nitrogens with zero attached hydrogens (tertiary/aromatic N) is 1. The van der Waals surface area contributed by atoms with E-state index in [1.807, 2.05) is 11.3 Å². The van der Waals surface area contributed by atoms with Gasteiger partial charge in [-0.2, -0.15) is 0 Å². The molecule has 277 valence electrons. The molecule has 0 fully saturated rings. The third-order valence-corrected chi connectivity index (χ3v) is 14.1. The minimum absolute atomic E-state index is 0.00930. The van der Waals surface area contributed by atoms with Gasteiger partial charge in [-0.05, 0) is 110 Å². The van der Waals surface area contributed by atoms with Gasteiger partial charge in [-0.15, -0.1) is 11.3 Å². The molecule has 7 aromatic carbocycles. The molecule has 0 spiro atoms. The van der Waals surface area contributed by atoms with Gasteiger partial charge in [-0.25, -0.2) is 0 Å². The molecule has 0 bridgehead atoms. The summed E-state index contributed by atoms with van der Waals surface area (Å²) in [7, 11) is 2.48. The van der Waals surface area contributed by atoms with E-state index in [0.717, 1.165) is 11.4 Å². The van der Waals surface area contributed by atoms with Crippen LogP contribution in [0.25, 0.3) is 69.9 Å². The summed E-state index contributed by atoms with van der Waals surface area (Å²) in [5.74, 6) is 0. The van der Waals surface area contributed by atoms with Crippen LogP contribution in [0.1, 0.15) is 77.6 Å². The molecule has 1 N–H and O–H groups in total. The fourth-order valence-corrected chi connectivity index (χ4v) is 10.9. The fourth-order valence-electron chi connectivity index (χ4n) is 9.75. The van der Waals surface area contributed by atoms with E-state index in [4.69, 9.17) is 0 Å². The van der Waals surface area contributed by atoms with Gasteiger partial charge in [-0.3, -0.25) is 0 Å². The summed E-state index contributed by atoms with van der Waals surface area (Å²) in [4.78, 5) is 0. The lowest BCUT2D eigenvalue weighted by Gasteiger charge is -2.26. The van der Waals surface area contributed by atoms with Crippen LogP contribution in [0, 0.1) is 0 Å². The zero-order chi connectivity index (χ0) is 39.2. The van der Waals surface area contributed by atoms with Crippen molar-refractivity contribution in [1.29, 1.82) is 0 Å². The highest BCUT2D eigenvalue weighted by atomic mass is 32.1. The first-order valence-electron chi connectivity index (χ1n) is 20.3. The largest absolute Gasteiger partial charge is 0.355 e. The molecule has 2 aromatic heterocycles. The van der Waals surface area contributed by atoms with Crippen molar-refractivity contribution in [2.24, 2.45) is 0 Å². The Morgan fingerprint density at radius 2 is 1.30 bits per heavy atom. The van der Waals surface area contributed by atoms with Gasteiger partial charge in [0, 0.05) is 64.5 Å². The van der Waals surface area contributed by atoms with Crippen LogP contribution in [-0.2, 0) is 16.2 Å². The molecule has 0 unspecified atom stereocenters. The van der Waals surface area contributed by atoms with Gasteiger partial charge in [0.05, 0.1) is 5.52 Å². The van der Waals surface area contributed by atoms with Crippen LogP contribution in [0.15, 0.2) is 127 Å². The van der Waals surface area contributed by atoms with E-state index in [1.165, 1.54) is 103 Å². The second kappa shape index (κ2) is 11.7. The van der Waals surface area contributed by atoms with Crippen LogP contribution in [-0.4, -0.2) is 11.8 Å².